The highest BCUT2D eigenvalue weighted by atomic mass is 28.4. The van der Waals surface area contributed by atoms with Gasteiger partial charge in [-0.2, -0.15) is 0 Å². The molecule has 1 N–H and O–H groups in total. The molecule has 10 heteroatoms. The first-order chi connectivity index (χ1) is 27.5. The van der Waals surface area contributed by atoms with Gasteiger partial charge in [-0.25, -0.2) is 9.59 Å². The Morgan fingerprint density at radius 2 is 1.62 bits per heavy atom. The summed E-state index contributed by atoms with van der Waals surface area (Å²) in [5.41, 5.74) is 4.96. The lowest BCUT2D eigenvalue weighted by atomic mass is 9.90. The van der Waals surface area contributed by atoms with E-state index in [1.165, 1.54) is 0 Å². The number of hydrogen-bond acceptors (Lipinski definition) is 7. The average molecular weight is 801 g/mol. The molecule has 1 aliphatic rings. The second-order valence-electron chi connectivity index (χ2n) is 17.5. The van der Waals surface area contributed by atoms with Gasteiger partial charge in [0.05, 0.1) is 19.2 Å². The molecule has 1 amide bonds. The molecule has 0 aliphatic carbocycles. The van der Waals surface area contributed by atoms with Crippen LogP contribution in [0.3, 0.4) is 0 Å². The number of ether oxygens (including phenoxy) is 3. The summed E-state index contributed by atoms with van der Waals surface area (Å²) in [7, 11) is -2.27. The summed E-state index contributed by atoms with van der Waals surface area (Å²) >= 11 is 0. The molecule has 0 saturated heterocycles. The molecule has 5 aromatic rings. The zero-order valence-corrected chi connectivity index (χ0v) is 36.0. The summed E-state index contributed by atoms with van der Waals surface area (Å²) in [6.45, 7) is 17.2. The first-order valence-corrected chi connectivity index (χ1v) is 22.9. The number of carboxylic acid groups (broad SMARTS) is 1. The maximum absolute atomic E-state index is 13.9. The standard InChI is InChI=1S/C48H56N2O7Si/c1-47(2,3)56-46(53)50(32-43(36-18-15-27-49-30-36)57-58(7,8)48(4,5)6)31-38-23-21-35-29-34(22-26-42(35)54-38)39-24-25-40(45(51)52)44(55-37-19-13-10-14-20-37)41(39)28-33-16-11-9-12-17-33/h9-20,22,24-27,29-30,38,43H,21,23,28,31-32H2,1-8H3,(H,51,52)/t38-,43+/m1/s1. The topological polar surface area (TPSA) is 107 Å². The predicted octanol–water partition coefficient (Wildman–Crippen LogP) is 11.5. The van der Waals surface area contributed by atoms with Crippen molar-refractivity contribution in [1.29, 1.82) is 0 Å². The van der Waals surface area contributed by atoms with Crippen molar-refractivity contribution in [2.75, 3.05) is 13.1 Å². The Morgan fingerprint density at radius 1 is 0.914 bits per heavy atom. The van der Waals surface area contributed by atoms with E-state index in [2.05, 4.69) is 44.9 Å². The van der Waals surface area contributed by atoms with Gasteiger partial charge < -0.3 is 28.6 Å². The molecule has 9 nitrogen and oxygen atoms in total. The minimum Gasteiger partial charge on any atom is -0.488 e. The highest BCUT2D eigenvalue weighted by Crippen LogP contribution is 2.42. The fourth-order valence-corrected chi connectivity index (χ4v) is 8.09. The van der Waals surface area contributed by atoms with E-state index in [0.717, 1.165) is 45.6 Å². The number of amides is 1. The maximum atomic E-state index is 13.9. The quantitative estimate of drug-likeness (QED) is 0.117. The lowest BCUT2D eigenvalue weighted by molar-refractivity contribution is 0.00490. The molecule has 1 aromatic heterocycles. The number of aryl methyl sites for hydroxylation is 1. The number of carbonyl (C=O) groups excluding carboxylic acids is 1. The van der Waals surface area contributed by atoms with Gasteiger partial charge in [0.1, 0.15) is 34.5 Å². The molecule has 6 rings (SSSR count). The smallest absolute Gasteiger partial charge is 0.410 e. The van der Waals surface area contributed by atoms with E-state index in [9.17, 15) is 14.7 Å². The Balaban J connectivity index is 1.30. The van der Waals surface area contributed by atoms with Gasteiger partial charge in [-0.05, 0) is 116 Å². The van der Waals surface area contributed by atoms with Gasteiger partial charge in [0.15, 0.2) is 8.32 Å². The normalized spacial score (nSPS) is 14.8. The first kappa shape index (κ1) is 42.2. The van der Waals surface area contributed by atoms with Gasteiger partial charge >= 0.3 is 12.1 Å². The Bertz CT molecular complexity index is 2180. The van der Waals surface area contributed by atoms with E-state index in [4.69, 9.17) is 18.6 Å². The van der Waals surface area contributed by atoms with Crippen molar-refractivity contribution >= 4 is 20.4 Å². The summed E-state index contributed by atoms with van der Waals surface area (Å²) in [4.78, 5) is 32.6. The van der Waals surface area contributed by atoms with Crippen LogP contribution in [0.2, 0.25) is 18.1 Å². The molecule has 304 valence electrons. The summed E-state index contributed by atoms with van der Waals surface area (Å²) < 4.78 is 26.0. The van der Waals surface area contributed by atoms with E-state index in [1.807, 2.05) is 118 Å². The van der Waals surface area contributed by atoms with Crippen LogP contribution in [0.25, 0.3) is 11.1 Å². The SMILES string of the molecule is CC(C)(C)OC(=O)N(C[C@H]1CCc2cc(-c3ccc(C(=O)O)c(Oc4ccccc4)c3Cc3ccccc3)ccc2O1)C[C@H](O[Si](C)(C)C(C)(C)C)c1cccnc1. The number of aromatic carboxylic acids is 1. The Labute approximate surface area is 344 Å². The second-order valence-corrected chi connectivity index (χ2v) is 22.2. The van der Waals surface area contributed by atoms with Gasteiger partial charge in [0, 0.05) is 24.4 Å². The molecule has 0 radical (unpaired) electrons. The fourth-order valence-electron chi connectivity index (χ4n) is 6.81. The third-order valence-electron chi connectivity index (χ3n) is 10.8. The highest BCUT2D eigenvalue weighted by Gasteiger charge is 2.41. The van der Waals surface area contributed by atoms with Crippen molar-refractivity contribution in [1.82, 2.24) is 9.88 Å². The fraction of sp³-hybridized carbons (Fsp3) is 0.354. The van der Waals surface area contributed by atoms with E-state index in [1.54, 1.807) is 17.2 Å². The van der Waals surface area contributed by atoms with Crippen LogP contribution in [0.1, 0.15) is 86.7 Å². The molecule has 58 heavy (non-hydrogen) atoms. The van der Waals surface area contributed by atoms with Crippen LogP contribution >= 0.6 is 0 Å². The number of aromatic nitrogens is 1. The summed E-state index contributed by atoms with van der Waals surface area (Å²) in [6, 6.07) is 32.7. The molecule has 1 aliphatic heterocycles. The number of benzene rings is 4. The lowest BCUT2D eigenvalue weighted by Crippen LogP contribution is -2.48. The monoisotopic (exact) mass is 800 g/mol. The van der Waals surface area contributed by atoms with Crippen LogP contribution < -0.4 is 9.47 Å². The molecule has 0 bridgehead atoms. The maximum Gasteiger partial charge on any atom is 0.410 e. The average Bonchev–Trinajstić information content (AvgIpc) is 3.17. The molecular formula is C48H56N2O7Si. The summed E-state index contributed by atoms with van der Waals surface area (Å²) in [5.74, 6) is 0.562. The zero-order chi connectivity index (χ0) is 41.7. The van der Waals surface area contributed by atoms with Crippen LogP contribution in [-0.2, 0) is 22.0 Å². The third-order valence-corrected chi connectivity index (χ3v) is 15.3. The first-order valence-electron chi connectivity index (χ1n) is 20.0. The largest absolute Gasteiger partial charge is 0.488 e. The van der Waals surface area contributed by atoms with Crippen LogP contribution in [0.5, 0.6) is 17.2 Å². The molecule has 4 aromatic carbocycles. The summed E-state index contributed by atoms with van der Waals surface area (Å²) in [6.07, 6.45) is 4.29. The van der Waals surface area contributed by atoms with Gasteiger partial charge in [0.2, 0.25) is 0 Å². The number of para-hydroxylation sites is 1. The van der Waals surface area contributed by atoms with Crippen LogP contribution in [0.4, 0.5) is 4.79 Å². The zero-order valence-electron chi connectivity index (χ0n) is 35.0. The number of fused-ring (bicyclic) bond motifs is 1. The van der Waals surface area contributed by atoms with Crippen molar-refractivity contribution in [3.05, 3.63) is 143 Å². The molecule has 0 saturated carbocycles. The van der Waals surface area contributed by atoms with E-state index >= 15 is 0 Å². The van der Waals surface area contributed by atoms with Crippen molar-refractivity contribution in [3.8, 4) is 28.4 Å². The molecular weight excluding hydrogens is 745 g/mol. The minimum atomic E-state index is -2.27. The number of hydrogen-bond donors (Lipinski definition) is 1. The molecule has 0 spiro atoms. The van der Waals surface area contributed by atoms with Gasteiger partial charge in [-0.1, -0.05) is 87.5 Å². The van der Waals surface area contributed by atoms with E-state index < -0.39 is 32.1 Å². The van der Waals surface area contributed by atoms with Crippen LogP contribution in [0, 0.1) is 0 Å². The number of nitrogens with zero attached hydrogens (tertiary/aromatic N) is 2. The van der Waals surface area contributed by atoms with Gasteiger partial charge in [0.25, 0.3) is 0 Å². The number of carbonyl (C=O) groups is 2. The predicted molar refractivity (Wildman–Crippen MR) is 230 cm³/mol. The Kier molecular flexibility index (Phi) is 12.8. The van der Waals surface area contributed by atoms with Crippen molar-refractivity contribution in [3.63, 3.8) is 0 Å². The second kappa shape index (κ2) is 17.6. The van der Waals surface area contributed by atoms with Gasteiger partial charge in [-0.15, -0.1) is 0 Å². The molecule has 2 atom stereocenters. The summed E-state index contributed by atoms with van der Waals surface area (Å²) in [5, 5.41) is 10.2. The van der Waals surface area contributed by atoms with E-state index in [0.29, 0.717) is 30.9 Å². The number of pyridine rings is 1. The highest BCUT2D eigenvalue weighted by molar-refractivity contribution is 6.74. The van der Waals surface area contributed by atoms with Crippen molar-refractivity contribution < 1.29 is 33.3 Å². The van der Waals surface area contributed by atoms with E-state index in [-0.39, 0.29) is 23.3 Å². The lowest BCUT2D eigenvalue weighted by Gasteiger charge is -2.41. The molecule has 0 fully saturated rings. The van der Waals surface area contributed by atoms with Gasteiger partial charge in [-0.3, -0.25) is 4.98 Å². The third kappa shape index (κ3) is 10.5. The Hall–Kier alpha value is -5.45. The van der Waals surface area contributed by atoms with Crippen molar-refractivity contribution in [2.24, 2.45) is 0 Å². The molecule has 0 unspecified atom stereocenters. The number of rotatable bonds is 13. The van der Waals surface area contributed by atoms with Crippen LogP contribution in [0.15, 0.2) is 116 Å². The number of carboxylic acids is 1. The molecule has 2 heterocycles. The Morgan fingerprint density at radius 3 is 2.26 bits per heavy atom. The van der Waals surface area contributed by atoms with Crippen molar-refractivity contribution in [2.45, 2.75) is 96.7 Å². The minimum absolute atomic E-state index is 0.0453. The van der Waals surface area contributed by atoms with Crippen LogP contribution in [-0.4, -0.2) is 60.2 Å².